The number of benzene rings is 2. The lowest BCUT2D eigenvalue weighted by molar-refractivity contribution is -0.137. The van der Waals surface area contributed by atoms with Crippen LogP contribution >= 0.6 is 0 Å². The monoisotopic (exact) mass is 351 g/mol. The smallest absolute Gasteiger partial charge is 0.416 e. The highest BCUT2D eigenvalue weighted by atomic mass is 19.4. The van der Waals surface area contributed by atoms with Gasteiger partial charge in [0.1, 0.15) is 18.1 Å². The van der Waals surface area contributed by atoms with Gasteiger partial charge >= 0.3 is 6.18 Å². The number of hydrogen-bond acceptors (Lipinski definition) is 3. The maximum atomic E-state index is 12.8. The molecule has 1 atom stereocenters. The molecule has 1 amide bonds. The fourth-order valence-corrected chi connectivity index (χ4v) is 2.68. The van der Waals surface area contributed by atoms with Crippen molar-refractivity contribution in [1.82, 2.24) is 0 Å². The minimum Gasteiger partial charge on any atom is -0.497 e. The van der Waals surface area contributed by atoms with E-state index >= 15 is 0 Å². The first-order valence-electron chi connectivity index (χ1n) is 7.64. The number of amides is 1. The highest BCUT2D eigenvalue weighted by Crippen LogP contribution is 2.32. The molecule has 2 aromatic rings. The Morgan fingerprint density at radius 2 is 2.04 bits per heavy atom. The number of carbonyl (C=O) groups excluding carboxylic acids is 1. The van der Waals surface area contributed by atoms with Gasteiger partial charge in [0.25, 0.3) is 0 Å². The van der Waals surface area contributed by atoms with E-state index in [9.17, 15) is 18.0 Å². The molecule has 3 rings (SSSR count). The standard InChI is InChI=1S/C18H16F3NO3/c1-24-15-5-6-16-11(8-15)7-12(10-25-16)17(23)22-14-4-2-3-13(9-14)18(19,20)21/h2-6,8-9,12H,7,10H2,1H3,(H,22,23). The van der Waals surface area contributed by atoms with Crippen molar-refractivity contribution in [3.8, 4) is 11.5 Å². The molecule has 1 unspecified atom stereocenters. The number of nitrogens with one attached hydrogen (secondary N) is 1. The summed E-state index contributed by atoms with van der Waals surface area (Å²) in [7, 11) is 1.54. The Bertz CT molecular complexity index is 789. The number of fused-ring (bicyclic) bond motifs is 1. The van der Waals surface area contributed by atoms with Crippen molar-refractivity contribution in [2.24, 2.45) is 5.92 Å². The molecule has 1 heterocycles. The van der Waals surface area contributed by atoms with Crippen LogP contribution in [-0.4, -0.2) is 19.6 Å². The van der Waals surface area contributed by atoms with Crippen molar-refractivity contribution in [1.29, 1.82) is 0 Å². The summed E-state index contributed by atoms with van der Waals surface area (Å²) in [5, 5.41) is 2.53. The molecule has 0 fully saturated rings. The van der Waals surface area contributed by atoms with Crippen LogP contribution in [0.15, 0.2) is 42.5 Å². The van der Waals surface area contributed by atoms with Crippen LogP contribution in [0.5, 0.6) is 11.5 Å². The second kappa shape index (κ2) is 6.66. The van der Waals surface area contributed by atoms with Gasteiger partial charge in [-0.2, -0.15) is 13.2 Å². The van der Waals surface area contributed by atoms with Gasteiger partial charge in [0.15, 0.2) is 0 Å². The van der Waals surface area contributed by atoms with Crippen molar-refractivity contribution in [3.63, 3.8) is 0 Å². The predicted molar refractivity (Wildman–Crippen MR) is 85.8 cm³/mol. The zero-order valence-electron chi connectivity index (χ0n) is 13.4. The molecule has 0 aliphatic carbocycles. The summed E-state index contributed by atoms with van der Waals surface area (Å²) >= 11 is 0. The highest BCUT2D eigenvalue weighted by molar-refractivity contribution is 5.93. The molecule has 0 spiro atoms. The van der Waals surface area contributed by atoms with Crippen molar-refractivity contribution in [2.75, 3.05) is 19.0 Å². The van der Waals surface area contributed by atoms with Gasteiger partial charge in [0, 0.05) is 5.69 Å². The quantitative estimate of drug-likeness (QED) is 0.912. The molecule has 0 saturated heterocycles. The Balaban J connectivity index is 1.72. The lowest BCUT2D eigenvalue weighted by Crippen LogP contribution is -2.32. The van der Waals surface area contributed by atoms with E-state index in [0.29, 0.717) is 17.9 Å². The summed E-state index contributed by atoms with van der Waals surface area (Å²) < 4.78 is 49.0. The number of rotatable bonds is 3. The lowest BCUT2D eigenvalue weighted by Gasteiger charge is -2.25. The van der Waals surface area contributed by atoms with Gasteiger partial charge in [-0.05, 0) is 48.4 Å². The van der Waals surface area contributed by atoms with E-state index in [1.807, 2.05) is 0 Å². The molecule has 1 N–H and O–H groups in total. The van der Waals surface area contributed by atoms with Gasteiger partial charge in [0.05, 0.1) is 18.6 Å². The maximum absolute atomic E-state index is 12.8. The Morgan fingerprint density at radius 1 is 1.24 bits per heavy atom. The van der Waals surface area contributed by atoms with E-state index in [-0.39, 0.29) is 18.2 Å². The molecule has 0 bridgehead atoms. The fourth-order valence-electron chi connectivity index (χ4n) is 2.68. The number of anilines is 1. The van der Waals surface area contributed by atoms with Crippen LogP contribution in [0, 0.1) is 5.92 Å². The number of hydrogen-bond donors (Lipinski definition) is 1. The van der Waals surface area contributed by atoms with E-state index in [4.69, 9.17) is 9.47 Å². The highest BCUT2D eigenvalue weighted by Gasteiger charge is 2.31. The molecule has 7 heteroatoms. The Kier molecular flexibility index (Phi) is 4.57. The van der Waals surface area contributed by atoms with Gasteiger partial charge < -0.3 is 14.8 Å². The summed E-state index contributed by atoms with van der Waals surface area (Å²) in [4.78, 5) is 12.4. The van der Waals surface area contributed by atoms with Crippen LogP contribution in [0.3, 0.4) is 0 Å². The van der Waals surface area contributed by atoms with E-state index in [2.05, 4.69) is 5.32 Å². The molecule has 132 valence electrons. The number of ether oxygens (including phenoxy) is 2. The molecule has 0 aromatic heterocycles. The molecule has 4 nitrogen and oxygen atoms in total. The second-order valence-corrected chi connectivity index (χ2v) is 5.75. The molecular weight excluding hydrogens is 335 g/mol. The van der Waals surface area contributed by atoms with Crippen molar-refractivity contribution in [2.45, 2.75) is 12.6 Å². The number of alkyl halides is 3. The zero-order chi connectivity index (χ0) is 18.0. The zero-order valence-corrected chi connectivity index (χ0v) is 13.4. The summed E-state index contributed by atoms with van der Waals surface area (Å²) in [6.07, 6.45) is -4.03. The van der Waals surface area contributed by atoms with Crippen LogP contribution < -0.4 is 14.8 Å². The normalized spacial score (nSPS) is 16.6. The van der Waals surface area contributed by atoms with Gasteiger partial charge in [-0.1, -0.05) is 6.07 Å². The predicted octanol–water partition coefficient (Wildman–Crippen LogP) is 3.90. The SMILES string of the molecule is COc1ccc2c(c1)CC(C(=O)Nc1cccc(C(F)(F)F)c1)CO2. The first-order chi connectivity index (χ1) is 11.9. The van der Waals surface area contributed by atoms with Gasteiger partial charge in [-0.3, -0.25) is 4.79 Å². The first kappa shape index (κ1) is 17.1. The third kappa shape index (κ3) is 3.87. The van der Waals surface area contributed by atoms with E-state index in [1.165, 1.54) is 12.1 Å². The Hall–Kier alpha value is -2.70. The largest absolute Gasteiger partial charge is 0.497 e. The molecule has 0 radical (unpaired) electrons. The summed E-state index contributed by atoms with van der Waals surface area (Å²) in [5.41, 5.74) is 0.131. The minimum absolute atomic E-state index is 0.108. The van der Waals surface area contributed by atoms with Crippen LogP contribution in [0.4, 0.5) is 18.9 Å². The third-order valence-electron chi connectivity index (χ3n) is 4.00. The van der Waals surface area contributed by atoms with Crippen LogP contribution in [0.1, 0.15) is 11.1 Å². The average molecular weight is 351 g/mol. The average Bonchev–Trinajstić information content (AvgIpc) is 2.60. The van der Waals surface area contributed by atoms with Gasteiger partial charge in [-0.25, -0.2) is 0 Å². The van der Waals surface area contributed by atoms with Gasteiger partial charge in [0.2, 0.25) is 5.91 Å². The van der Waals surface area contributed by atoms with E-state index < -0.39 is 17.7 Å². The minimum atomic E-state index is -4.45. The molecule has 2 aromatic carbocycles. The molecule has 1 aliphatic rings. The summed E-state index contributed by atoms with van der Waals surface area (Å²) in [5.74, 6) is 0.465. The number of halogens is 3. The Morgan fingerprint density at radius 3 is 2.76 bits per heavy atom. The topological polar surface area (TPSA) is 47.6 Å². The maximum Gasteiger partial charge on any atom is 0.416 e. The van der Waals surface area contributed by atoms with Crippen molar-refractivity contribution in [3.05, 3.63) is 53.6 Å². The number of methoxy groups -OCH3 is 1. The fraction of sp³-hybridized carbons (Fsp3) is 0.278. The van der Waals surface area contributed by atoms with Crippen molar-refractivity contribution < 1.29 is 27.4 Å². The van der Waals surface area contributed by atoms with E-state index in [0.717, 1.165) is 17.7 Å². The van der Waals surface area contributed by atoms with Crippen LogP contribution in [0.2, 0.25) is 0 Å². The third-order valence-corrected chi connectivity index (χ3v) is 4.00. The summed E-state index contributed by atoms with van der Waals surface area (Å²) in [6.45, 7) is 0.171. The van der Waals surface area contributed by atoms with Crippen molar-refractivity contribution >= 4 is 11.6 Å². The molecule has 0 saturated carbocycles. The molecule has 25 heavy (non-hydrogen) atoms. The molecule has 1 aliphatic heterocycles. The van der Waals surface area contributed by atoms with Crippen LogP contribution in [0.25, 0.3) is 0 Å². The number of carbonyl (C=O) groups is 1. The summed E-state index contributed by atoms with van der Waals surface area (Å²) in [6, 6.07) is 9.89. The second-order valence-electron chi connectivity index (χ2n) is 5.75. The van der Waals surface area contributed by atoms with Crippen LogP contribution in [-0.2, 0) is 17.4 Å². The Labute approximate surface area is 142 Å². The van der Waals surface area contributed by atoms with Gasteiger partial charge in [-0.15, -0.1) is 0 Å². The molecular formula is C18H16F3NO3. The van der Waals surface area contributed by atoms with E-state index in [1.54, 1.807) is 25.3 Å². The lowest BCUT2D eigenvalue weighted by atomic mass is 9.95. The first-order valence-corrected chi connectivity index (χ1v) is 7.64.